The lowest BCUT2D eigenvalue weighted by Crippen LogP contribution is -2.56. The first-order valence-electron chi connectivity index (χ1n) is 12.1. The molecule has 0 unspecified atom stereocenters. The summed E-state index contributed by atoms with van der Waals surface area (Å²) in [5.74, 6) is -1.70. The van der Waals surface area contributed by atoms with Crippen LogP contribution in [0.15, 0.2) is 66.7 Å². The highest BCUT2D eigenvalue weighted by Gasteiger charge is 2.75. The van der Waals surface area contributed by atoms with Gasteiger partial charge >= 0.3 is 0 Å². The molecule has 4 aliphatic rings. The monoisotopic (exact) mass is 451 g/mol. The Morgan fingerprint density at radius 2 is 1.62 bits per heavy atom. The molecule has 3 fully saturated rings. The Labute approximate surface area is 197 Å². The van der Waals surface area contributed by atoms with Crippen LogP contribution in [0.1, 0.15) is 25.3 Å². The summed E-state index contributed by atoms with van der Waals surface area (Å²) in [6.07, 6.45) is 1.75. The van der Waals surface area contributed by atoms with E-state index in [1.54, 1.807) is 4.90 Å². The highest BCUT2D eigenvalue weighted by atomic mass is 16.2. The molecule has 4 atom stereocenters. The summed E-state index contributed by atoms with van der Waals surface area (Å²) >= 11 is 0. The summed E-state index contributed by atoms with van der Waals surface area (Å²) in [5.41, 5.74) is 1.26. The molecule has 6 nitrogen and oxygen atoms in total. The van der Waals surface area contributed by atoms with Crippen molar-refractivity contribution in [3.05, 3.63) is 72.3 Å². The normalized spacial score (nSPS) is 30.0. The lowest BCUT2D eigenvalue weighted by Gasteiger charge is -2.37. The largest absolute Gasteiger partial charge is 0.310 e. The number of para-hydroxylation sites is 1. The average molecular weight is 452 g/mol. The van der Waals surface area contributed by atoms with Crippen LogP contribution >= 0.6 is 0 Å². The van der Waals surface area contributed by atoms with E-state index in [4.69, 9.17) is 0 Å². The standard InChI is InChI=1S/C28H25N3O3/c1-2-29-21-13-6-5-12-19(21)28(27(29)34)24-23(22-15-8-16-30(22)28)25(32)31(26(24)33)20-14-7-10-17-9-3-4-11-18(17)20/h3-7,9-14,22-24H,2,8,15-16H2,1H3/t22-,23-,24+,28+/m1/s1. The third kappa shape index (κ3) is 2.13. The average Bonchev–Trinajstić information content (AvgIpc) is 3.56. The van der Waals surface area contributed by atoms with Crippen LogP contribution in [-0.4, -0.2) is 41.8 Å². The number of carbonyl (C=O) groups is 3. The third-order valence-corrected chi connectivity index (χ3v) is 8.47. The van der Waals surface area contributed by atoms with Crippen LogP contribution in [0.25, 0.3) is 10.8 Å². The van der Waals surface area contributed by atoms with Crippen LogP contribution in [-0.2, 0) is 19.9 Å². The molecule has 6 heteroatoms. The molecule has 0 bridgehead atoms. The first-order valence-corrected chi connectivity index (χ1v) is 12.1. The predicted molar refractivity (Wildman–Crippen MR) is 129 cm³/mol. The van der Waals surface area contributed by atoms with E-state index in [-0.39, 0.29) is 23.8 Å². The molecule has 0 aliphatic carbocycles. The highest BCUT2D eigenvalue weighted by Crippen LogP contribution is 2.62. The van der Waals surface area contributed by atoms with Crippen molar-refractivity contribution in [2.75, 3.05) is 22.9 Å². The summed E-state index contributed by atoms with van der Waals surface area (Å²) in [5, 5.41) is 1.85. The minimum absolute atomic E-state index is 0.0588. The van der Waals surface area contributed by atoms with Gasteiger partial charge in [-0.05, 0) is 43.8 Å². The number of fused-ring (bicyclic) bond motifs is 8. The second-order valence-corrected chi connectivity index (χ2v) is 9.75. The SMILES string of the molecule is CCN1C(=O)[C@]2(c3ccccc31)[C@@H]1C(=O)N(c3cccc4ccccc34)C(=O)[C@@H]1[C@H]1CCCN12. The molecule has 7 rings (SSSR count). The summed E-state index contributed by atoms with van der Waals surface area (Å²) in [6.45, 7) is 3.22. The Hall–Kier alpha value is -3.51. The smallest absolute Gasteiger partial charge is 0.253 e. The molecule has 1 spiro atoms. The molecule has 4 heterocycles. The molecule has 3 saturated heterocycles. The van der Waals surface area contributed by atoms with E-state index in [1.165, 1.54) is 4.90 Å². The van der Waals surface area contributed by atoms with Gasteiger partial charge in [0.1, 0.15) is 5.54 Å². The molecule has 3 amide bonds. The van der Waals surface area contributed by atoms with E-state index in [9.17, 15) is 14.4 Å². The second kappa shape index (κ2) is 6.76. The summed E-state index contributed by atoms with van der Waals surface area (Å²) in [7, 11) is 0. The Morgan fingerprint density at radius 1 is 0.882 bits per heavy atom. The van der Waals surface area contributed by atoms with Gasteiger partial charge in [0.25, 0.3) is 5.91 Å². The van der Waals surface area contributed by atoms with Gasteiger partial charge in [-0.15, -0.1) is 0 Å². The van der Waals surface area contributed by atoms with Gasteiger partial charge in [-0.3, -0.25) is 19.3 Å². The van der Waals surface area contributed by atoms with Gasteiger partial charge in [-0.25, -0.2) is 4.90 Å². The second-order valence-electron chi connectivity index (χ2n) is 9.75. The zero-order valence-electron chi connectivity index (χ0n) is 19.0. The maximum absolute atomic E-state index is 14.3. The molecule has 0 aromatic heterocycles. The Kier molecular flexibility index (Phi) is 3.96. The van der Waals surface area contributed by atoms with E-state index in [0.29, 0.717) is 12.2 Å². The number of benzene rings is 3. The van der Waals surface area contributed by atoms with Crippen LogP contribution < -0.4 is 9.80 Å². The van der Waals surface area contributed by atoms with Crippen molar-refractivity contribution in [3.8, 4) is 0 Å². The van der Waals surface area contributed by atoms with E-state index in [0.717, 1.165) is 41.4 Å². The minimum Gasteiger partial charge on any atom is -0.310 e. The quantitative estimate of drug-likeness (QED) is 0.558. The van der Waals surface area contributed by atoms with Gasteiger partial charge in [0.15, 0.2) is 0 Å². The Morgan fingerprint density at radius 3 is 2.47 bits per heavy atom. The lowest BCUT2D eigenvalue weighted by atomic mass is 9.75. The number of imide groups is 1. The van der Waals surface area contributed by atoms with Crippen molar-refractivity contribution in [2.24, 2.45) is 11.8 Å². The maximum Gasteiger partial charge on any atom is 0.253 e. The van der Waals surface area contributed by atoms with Crippen LogP contribution in [0, 0.1) is 11.8 Å². The number of hydrogen-bond acceptors (Lipinski definition) is 4. The van der Waals surface area contributed by atoms with Crippen LogP contribution in [0.3, 0.4) is 0 Å². The van der Waals surface area contributed by atoms with Gasteiger partial charge in [0, 0.05) is 29.2 Å². The van der Waals surface area contributed by atoms with Gasteiger partial charge < -0.3 is 4.90 Å². The number of hydrogen-bond donors (Lipinski definition) is 0. The van der Waals surface area contributed by atoms with E-state index in [2.05, 4.69) is 4.90 Å². The number of likely N-dealkylation sites (N-methyl/N-ethyl adjacent to an activating group) is 1. The van der Waals surface area contributed by atoms with Crippen molar-refractivity contribution >= 4 is 39.9 Å². The number of carbonyl (C=O) groups excluding carboxylic acids is 3. The van der Waals surface area contributed by atoms with E-state index >= 15 is 0 Å². The Bertz CT molecular complexity index is 1400. The minimum atomic E-state index is -1.11. The molecular formula is C28H25N3O3. The van der Waals surface area contributed by atoms with Crippen LogP contribution in [0.2, 0.25) is 0 Å². The molecule has 3 aromatic carbocycles. The highest BCUT2D eigenvalue weighted by molar-refractivity contribution is 6.28. The van der Waals surface area contributed by atoms with E-state index in [1.807, 2.05) is 73.7 Å². The zero-order chi connectivity index (χ0) is 23.2. The lowest BCUT2D eigenvalue weighted by molar-refractivity contribution is -0.137. The molecule has 3 aromatic rings. The van der Waals surface area contributed by atoms with Gasteiger partial charge in [-0.2, -0.15) is 0 Å². The fraction of sp³-hybridized carbons (Fsp3) is 0.321. The summed E-state index contributed by atoms with van der Waals surface area (Å²) < 4.78 is 0. The fourth-order valence-corrected chi connectivity index (χ4v) is 7.30. The fourth-order valence-electron chi connectivity index (χ4n) is 7.30. The number of nitrogens with zero attached hydrogens (tertiary/aromatic N) is 3. The number of rotatable bonds is 2. The topological polar surface area (TPSA) is 60.9 Å². The van der Waals surface area contributed by atoms with Gasteiger partial charge in [0.05, 0.1) is 17.5 Å². The molecular weight excluding hydrogens is 426 g/mol. The third-order valence-electron chi connectivity index (χ3n) is 8.47. The van der Waals surface area contributed by atoms with Crippen molar-refractivity contribution in [3.63, 3.8) is 0 Å². The molecule has 0 radical (unpaired) electrons. The van der Waals surface area contributed by atoms with Crippen LogP contribution in [0.4, 0.5) is 11.4 Å². The van der Waals surface area contributed by atoms with Gasteiger partial charge in [0.2, 0.25) is 11.8 Å². The van der Waals surface area contributed by atoms with Crippen molar-refractivity contribution in [2.45, 2.75) is 31.3 Å². The summed E-state index contributed by atoms with van der Waals surface area (Å²) in [6, 6.07) is 21.3. The molecule has 0 saturated carbocycles. The Balaban J connectivity index is 1.46. The van der Waals surface area contributed by atoms with Crippen molar-refractivity contribution in [1.29, 1.82) is 0 Å². The number of amides is 3. The predicted octanol–water partition coefficient (Wildman–Crippen LogP) is 3.69. The van der Waals surface area contributed by atoms with Crippen LogP contribution in [0.5, 0.6) is 0 Å². The van der Waals surface area contributed by atoms with Gasteiger partial charge in [-0.1, -0.05) is 54.6 Å². The molecule has 170 valence electrons. The molecule has 34 heavy (non-hydrogen) atoms. The first kappa shape index (κ1) is 19.9. The maximum atomic E-state index is 14.3. The first-order chi connectivity index (χ1) is 16.6. The number of anilines is 2. The van der Waals surface area contributed by atoms with Crippen molar-refractivity contribution < 1.29 is 14.4 Å². The van der Waals surface area contributed by atoms with E-state index < -0.39 is 17.4 Å². The molecule has 4 aliphatic heterocycles. The zero-order valence-corrected chi connectivity index (χ0v) is 19.0. The summed E-state index contributed by atoms with van der Waals surface area (Å²) in [4.78, 5) is 47.9. The van der Waals surface area contributed by atoms with Crippen molar-refractivity contribution in [1.82, 2.24) is 4.90 Å². The molecule has 0 N–H and O–H groups in total.